The topological polar surface area (TPSA) is 97.7 Å². The Bertz CT molecular complexity index is 1010. The molecule has 148 valence electrons. The van der Waals surface area contributed by atoms with Crippen molar-refractivity contribution in [2.75, 3.05) is 26.3 Å². The van der Waals surface area contributed by atoms with Gasteiger partial charge in [-0.3, -0.25) is 0 Å². The van der Waals surface area contributed by atoms with Gasteiger partial charge in [-0.05, 0) is 43.3 Å². The molecule has 27 heavy (non-hydrogen) atoms. The van der Waals surface area contributed by atoms with E-state index in [0.717, 1.165) is 11.4 Å². The highest BCUT2D eigenvalue weighted by molar-refractivity contribution is 7.89. The van der Waals surface area contributed by atoms with Crippen LogP contribution in [0.1, 0.15) is 11.4 Å². The first-order valence-corrected chi connectivity index (χ1v) is 11.4. The zero-order valence-corrected chi connectivity index (χ0v) is 16.9. The molecule has 0 spiro atoms. The van der Waals surface area contributed by atoms with E-state index in [-0.39, 0.29) is 16.3 Å². The van der Waals surface area contributed by atoms with Gasteiger partial charge < -0.3 is 9.30 Å². The molecule has 0 unspecified atom stereocenters. The highest BCUT2D eigenvalue weighted by Gasteiger charge is 2.26. The second-order valence-electron chi connectivity index (χ2n) is 6.34. The lowest BCUT2D eigenvalue weighted by Gasteiger charge is -2.26. The summed E-state index contributed by atoms with van der Waals surface area (Å²) < 4.78 is 61.1. The molecule has 1 aromatic carbocycles. The van der Waals surface area contributed by atoms with E-state index < -0.39 is 20.0 Å². The Balaban J connectivity index is 1.74. The molecule has 1 fully saturated rings. The van der Waals surface area contributed by atoms with Gasteiger partial charge in [0.1, 0.15) is 0 Å². The molecule has 0 atom stereocenters. The second kappa shape index (κ2) is 7.72. The third-order valence-electron chi connectivity index (χ3n) is 4.66. The number of benzene rings is 1. The van der Waals surface area contributed by atoms with Crippen LogP contribution in [0.4, 0.5) is 0 Å². The Hall–Kier alpha value is -1.72. The van der Waals surface area contributed by atoms with E-state index in [9.17, 15) is 16.8 Å². The number of nitrogens with zero attached hydrogens (tertiary/aromatic N) is 2. The van der Waals surface area contributed by atoms with E-state index in [4.69, 9.17) is 4.74 Å². The Morgan fingerprint density at radius 1 is 0.963 bits per heavy atom. The molecule has 1 aromatic heterocycles. The Morgan fingerprint density at radius 2 is 1.56 bits per heavy atom. The number of morpholine rings is 1. The van der Waals surface area contributed by atoms with Crippen molar-refractivity contribution in [1.29, 1.82) is 0 Å². The molecule has 0 aliphatic carbocycles. The average Bonchev–Trinajstić information content (AvgIpc) is 2.99. The minimum absolute atomic E-state index is 0.0226. The van der Waals surface area contributed by atoms with Gasteiger partial charge in [0.25, 0.3) is 0 Å². The van der Waals surface area contributed by atoms with Gasteiger partial charge >= 0.3 is 0 Å². The summed E-state index contributed by atoms with van der Waals surface area (Å²) in [6, 6.07) is 9.04. The molecule has 10 heteroatoms. The highest BCUT2D eigenvalue weighted by Crippen LogP contribution is 2.19. The Morgan fingerprint density at radius 3 is 2.11 bits per heavy atom. The molecule has 2 aromatic rings. The summed E-state index contributed by atoms with van der Waals surface area (Å²) in [5.41, 5.74) is 1.87. The van der Waals surface area contributed by atoms with Gasteiger partial charge in [-0.15, -0.1) is 0 Å². The zero-order valence-electron chi connectivity index (χ0n) is 15.3. The molecule has 0 bridgehead atoms. The van der Waals surface area contributed by atoms with Crippen LogP contribution in [0.25, 0.3) is 0 Å². The molecule has 0 radical (unpaired) electrons. The number of hydrogen-bond donors (Lipinski definition) is 1. The largest absolute Gasteiger partial charge is 0.379 e. The lowest BCUT2D eigenvalue weighted by atomic mass is 10.4. The normalized spacial score (nSPS) is 16.5. The number of nitrogens with one attached hydrogen (secondary N) is 1. The standard InChI is InChI=1S/C17H23N3O5S2/c1-14-3-4-15(19(14)2)13-18-26(21,22)16-5-7-17(8-6-16)27(23,24)20-9-11-25-12-10-20/h3-8,18H,9-13H2,1-2H3. The molecule has 0 saturated carbocycles. The molecule has 1 aliphatic heterocycles. The minimum atomic E-state index is -3.74. The van der Waals surface area contributed by atoms with Crippen molar-refractivity contribution in [3.63, 3.8) is 0 Å². The fraction of sp³-hybridized carbons (Fsp3) is 0.412. The highest BCUT2D eigenvalue weighted by atomic mass is 32.2. The third kappa shape index (κ3) is 4.25. The summed E-state index contributed by atoms with van der Waals surface area (Å²) >= 11 is 0. The predicted molar refractivity (Wildman–Crippen MR) is 100 cm³/mol. The van der Waals surface area contributed by atoms with E-state index >= 15 is 0 Å². The SMILES string of the molecule is Cc1ccc(CNS(=O)(=O)c2ccc(S(=O)(=O)N3CCOCC3)cc2)n1C. The molecular formula is C17H23N3O5S2. The number of hydrogen-bond acceptors (Lipinski definition) is 5. The van der Waals surface area contributed by atoms with Crippen LogP contribution in [0.3, 0.4) is 0 Å². The number of aromatic nitrogens is 1. The molecule has 8 nitrogen and oxygen atoms in total. The zero-order chi connectivity index (χ0) is 19.7. The van der Waals surface area contributed by atoms with Gasteiger partial charge in [-0.2, -0.15) is 4.31 Å². The van der Waals surface area contributed by atoms with Crippen molar-refractivity contribution >= 4 is 20.0 Å². The summed E-state index contributed by atoms with van der Waals surface area (Å²) in [6.45, 7) is 3.38. The second-order valence-corrected chi connectivity index (χ2v) is 10.0. The maximum Gasteiger partial charge on any atom is 0.243 e. The molecular weight excluding hydrogens is 390 g/mol. The lowest BCUT2D eigenvalue weighted by molar-refractivity contribution is 0.0730. The molecule has 1 saturated heterocycles. The number of aryl methyl sites for hydroxylation is 1. The molecule has 2 heterocycles. The van der Waals surface area contributed by atoms with Crippen LogP contribution in [-0.4, -0.2) is 52.0 Å². The molecule has 1 aliphatic rings. The first-order valence-electron chi connectivity index (χ1n) is 8.51. The van der Waals surface area contributed by atoms with E-state index in [2.05, 4.69) is 4.72 Å². The van der Waals surface area contributed by atoms with Crippen molar-refractivity contribution < 1.29 is 21.6 Å². The molecule has 0 amide bonds. The van der Waals surface area contributed by atoms with Gasteiger partial charge in [0, 0.05) is 31.5 Å². The number of rotatable bonds is 6. The molecule has 3 rings (SSSR count). The van der Waals surface area contributed by atoms with Crippen LogP contribution in [0.5, 0.6) is 0 Å². The van der Waals surface area contributed by atoms with Crippen molar-refractivity contribution in [2.45, 2.75) is 23.3 Å². The monoisotopic (exact) mass is 413 g/mol. The fourth-order valence-corrected chi connectivity index (χ4v) is 5.23. The number of ether oxygens (including phenoxy) is 1. The predicted octanol–water partition coefficient (Wildman–Crippen LogP) is 0.833. The first kappa shape index (κ1) is 20.0. The van der Waals surface area contributed by atoms with Crippen LogP contribution in [0.2, 0.25) is 0 Å². The van der Waals surface area contributed by atoms with Crippen LogP contribution in [-0.2, 0) is 38.4 Å². The summed E-state index contributed by atoms with van der Waals surface area (Å²) in [5, 5.41) is 0. The number of sulfonamides is 2. The molecule has 1 N–H and O–H groups in total. The maximum absolute atomic E-state index is 12.6. The fourth-order valence-electron chi connectivity index (χ4n) is 2.82. The van der Waals surface area contributed by atoms with Crippen molar-refractivity contribution in [2.24, 2.45) is 7.05 Å². The minimum Gasteiger partial charge on any atom is -0.379 e. The Labute approximate surface area is 159 Å². The van der Waals surface area contributed by atoms with E-state index in [1.807, 2.05) is 30.7 Å². The smallest absolute Gasteiger partial charge is 0.243 e. The lowest BCUT2D eigenvalue weighted by Crippen LogP contribution is -2.40. The summed E-state index contributed by atoms with van der Waals surface area (Å²) in [5.74, 6) is 0. The van der Waals surface area contributed by atoms with Crippen LogP contribution >= 0.6 is 0 Å². The maximum atomic E-state index is 12.6. The van der Waals surface area contributed by atoms with Gasteiger partial charge in [0.05, 0.1) is 29.5 Å². The average molecular weight is 414 g/mol. The van der Waals surface area contributed by atoms with Crippen LogP contribution in [0.15, 0.2) is 46.2 Å². The summed E-state index contributed by atoms with van der Waals surface area (Å²) in [7, 11) is -5.53. The third-order valence-corrected chi connectivity index (χ3v) is 7.99. The van der Waals surface area contributed by atoms with Gasteiger partial charge in [0.15, 0.2) is 0 Å². The van der Waals surface area contributed by atoms with E-state index in [0.29, 0.717) is 26.3 Å². The summed E-state index contributed by atoms with van der Waals surface area (Å²) in [4.78, 5) is 0.0933. The van der Waals surface area contributed by atoms with E-state index in [1.165, 1.54) is 28.6 Å². The van der Waals surface area contributed by atoms with Gasteiger partial charge in [-0.1, -0.05) is 0 Å². The van der Waals surface area contributed by atoms with Crippen LogP contribution < -0.4 is 4.72 Å². The van der Waals surface area contributed by atoms with Crippen molar-refractivity contribution in [1.82, 2.24) is 13.6 Å². The van der Waals surface area contributed by atoms with Crippen LogP contribution in [0, 0.1) is 6.92 Å². The van der Waals surface area contributed by atoms with E-state index in [1.54, 1.807) is 0 Å². The first-order chi connectivity index (χ1) is 12.7. The van der Waals surface area contributed by atoms with Crippen molar-refractivity contribution in [3.8, 4) is 0 Å². The quantitative estimate of drug-likeness (QED) is 0.757. The summed E-state index contributed by atoms with van der Waals surface area (Å²) in [6.07, 6.45) is 0. The van der Waals surface area contributed by atoms with Gasteiger partial charge in [-0.25, -0.2) is 21.6 Å². The van der Waals surface area contributed by atoms with Gasteiger partial charge in [0.2, 0.25) is 20.0 Å². The van der Waals surface area contributed by atoms with Crippen molar-refractivity contribution in [3.05, 3.63) is 47.8 Å². The Kier molecular flexibility index (Phi) is 5.73.